The number of aliphatic imine (C=N–C) groups is 2. The van der Waals surface area contributed by atoms with Gasteiger partial charge in [-0.05, 0) is 23.6 Å². The number of carbonyl (C=O) groups excluding carboxylic acids is 2. The summed E-state index contributed by atoms with van der Waals surface area (Å²) >= 11 is 0. The second-order valence-corrected chi connectivity index (χ2v) is 8.02. The summed E-state index contributed by atoms with van der Waals surface area (Å²) in [6, 6.07) is 7.57. The first-order valence-electron chi connectivity index (χ1n) is 10.4. The van der Waals surface area contributed by atoms with Crippen molar-refractivity contribution in [2.24, 2.45) is 15.9 Å². The summed E-state index contributed by atoms with van der Waals surface area (Å²) in [5, 5.41) is 0. The number of aromatic nitrogens is 2. The Morgan fingerprint density at radius 3 is 2.45 bits per heavy atom. The third-order valence-electron chi connectivity index (χ3n) is 5.48. The molecule has 162 valence electrons. The lowest BCUT2D eigenvalue weighted by atomic mass is 10.0. The fourth-order valence-electron chi connectivity index (χ4n) is 3.68. The van der Waals surface area contributed by atoms with E-state index in [4.69, 9.17) is 0 Å². The minimum Gasteiger partial charge on any atom is -0.337 e. The van der Waals surface area contributed by atoms with Crippen molar-refractivity contribution in [1.82, 2.24) is 19.4 Å². The molecule has 31 heavy (non-hydrogen) atoms. The predicted molar refractivity (Wildman–Crippen MR) is 115 cm³/mol. The van der Waals surface area contributed by atoms with Crippen LogP contribution < -0.4 is 0 Å². The number of carbonyl (C=O) groups is 2. The number of guanidine groups is 1. The normalized spacial score (nSPS) is 19.5. The standard InChI is InChI=1S/C22H25FN6O2/c1-15(2)19-18(23)20(30)26-22(25-19)29-11-9-28(10-12-29)21(31)17-5-3-16(4-6-17)13-27-8-7-24-14-27/h3-8,14-15,18H,9-13H2,1-2H3. The Morgan fingerprint density at radius 2 is 1.84 bits per heavy atom. The minimum atomic E-state index is -1.76. The number of imidazole rings is 1. The second-order valence-electron chi connectivity index (χ2n) is 8.02. The molecule has 1 fully saturated rings. The number of halogens is 1. The molecule has 1 atom stereocenters. The predicted octanol–water partition coefficient (Wildman–Crippen LogP) is 2.02. The summed E-state index contributed by atoms with van der Waals surface area (Å²) in [4.78, 5) is 40.5. The second kappa shape index (κ2) is 8.79. The Labute approximate surface area is 180 Å². The Balaban J connectivity index is 1.37. The van der Waals surface area contributed by atoms with Gasteiger partial charge in [-0.15, -0.1) is 0 Å². The minimum absolute atomic E-state index is 0.0364. The van der Waals surface area contributed by atoms with Gasteiger partial charge in [0.2, 0.25) is 12.1 Å². The number of amides is 2. The number of piperazine rings is 1. The van der Waals surface area contributed by atoms with Gasteiger partial charge in [0.15, 0.2) is 0 Å². The van der Waals surface area contributed by atoms with Gasteiger partial charge in [0.05, 0.1) is 12.0 Å². The first kappa shape index (κ1) is 20.9. The Hall–Kier alpha value is -3.36. The van der Waals surface area contributed by atoms with Crippen LogP contribution in [-0.4, -0.2) is 75.2 Å². The molecule has 2 aliphatic rings. The Bertz CT molecular complexity index is 1010. The van der Waals surface area contributed by atoms with Crippen LogP contribution >= 0.6 is 0 Å². The summed E-state index contributed by atoms with van der Waals surface area (Å²) in [6.45, 7) is 6.25. The smallest absolute Gasteiger partial charge is 0.289 e. The van der Waals surface area contributed by atoms with E-state index in [0.717, 1.165) is 5.56 Å². The maximum atomic E-state index is 14.1. The van der Waals surface area contributed by atoms with Gasteiger partial charge in [-0.2, -0.15) is 4.99 Å². The molecule has 8 nitrogen and oxygen atoms in total. The highest BCUT2D eigenvalue weighted by atomic mass is 19.1. The molecule has 2 amide bonds. The van der Waals surface area contributed by atoms with Crippen molar-refractivity contribution in [2.75, 3.05) is 26.2 Å². The SMILES string of the molecule is CC(C)C1=NC(N2CCN(C(=O)c3ccc(Cn4ccnc4)cc3)CC2)=NC(=O)C1F. The molecule has 1 aromatic heterocycles. The molecule has 0 saturated carbocycles. The molecule has 0 N–H and O–H groups in total. The van der Waals surface area contributed by atoms with E-state index in [9.17, 15) is 14.0 Å². The summed E-state index contributed by atoms with van der Waals surface area (Å²) in [5.41, 5.74) is 1.93. The van der Waals surface area contributed by atoms with Crippen molar-refractivity contribution < 1.29 is 14.0 Å². The van der Waals surface area contributed by atoms with Crippen LogP contribution in [0.5, 0.6) is 0 Å². The number of hydrogen-bond donors (Lipinski definition) is 0. The van der Waals surface area contributed by atoms with Crippen molar-refractivity contribution in [1.29, 1.82) is 0 Å². The fraction of sp³-hybridized carbons (Fsp3) is 0.409. The van der Waals surface area contributed by atoms with Gasteiger partial charge in [0, 0.05) is 50.7 Å². The zero-order chi connectivity index (χ0) is 22.0. The molecule has 1 aromatic carbocycles. The highest BCUT2D eigenvalue weighted by molar-refractivity contribution is 6.18. The molecule has 2 aliphatic heterocycles. The number of benzene rings is 1. The van der Waals surface area contributed by atoms with Gasteiger partial charge in [-0.3, -0.25) is 9.59 Å². The summed E-state index contributed by atoms with van der Waals surface area (Å²) in [6.07, 6.45) is 3.62. The Kier molecular flexibility index (Phi) is 5.92. The average Bonchev–Trinajstić information content (AvgIpc) is 3.28. The van der Waals surface area contributed by atoms with Crippen LogP contribution in [0.2, 0.25) is 0 Å². The number of alkyl halides is 1. The molecular weight excluding hydrogens is 399 g/mol. The molecule has 0 bridgehead atoms. The van der Waals surface area contributed by atoms with Crippen LogP contribution in [0.3, 0.4) is 0 Å². The van der Waals surface area contributed by atoms with Crippen LogP contribution in [0.25, 0.3) is 0 Å². The maximum Gasteiger partial charge on any atom is 0.289 e. The maximum absolute atomic E-state index is 14.1. The number of hydrogen-bond acceptors (Lipinski definition) is 5. The summed E-state index contributed by atoms with van der Waals surface area (Å²) < 4.78 is 16.0. The van der Waals surface area contributed by atoms with Gasteiger partial charge < -0.3 is 14.4 Å². The monoisotopic (exact) mass is 424 g/mol. The van der Waals surface area contributed by atoms with E-state index in [2.05, 4.69) is 15.0 Å². The van der Waals surface area contributed by atoms with Crippen LogP contribution in [0.4, 0.5) is 4.39 Å². The molecule has 4 rings (SSSR count). The third-order valence-corrected chi connectivity index (χ3v) is 5.48. The van der Waals surface area contributed by atoms with Gasteiger partial charge in [-0.25, -0.2) is 14.4 Å². The quantitative estimate of drug-likeness (QED) is 0.752. The van der Waals surface area contributed by atoms with Gasteiger partial charge >= 0.3 is 0 Å². The van der Waals surface area contributed by atoms with Crippen LogP contribution in [0.1, 0.15) is 29.8 Å². The molecule has 0 aliphatic carbocycles. The van der Waals surface area contributed by atoms with Crippen molar-refractivity contribution in [3.63, 3.8) is 0 Å². The zero-order valence-corrected chi connectivity index (χ0v) is 17.6. The first-order chi connectivity index (χ1) is 14.9. The molecular formula is C22H25FN6O2. The van der Waals surface area contributed by atoms with Crippen molar-refractivity contribution in [3.05, 3.63) is 54.1 Å². The van der Waals surface area contributed by atoms with E-state index in [1.165, 1.54) is 0 Å². The topological polar surface area (TPSA) is 83.2 Å². The molecule has 0 radical (unpaired) electrons. The van der Waals surface area contributed by atoms with E-state index in [-0.39, 0.29) is 23.5 Å². The summed E-state index contributed by atoms with van der Waals surface area (Å²) in [5.74, 6) is -0.767. The Morgan fingerprint density at radius 1 is 1.13 bits per heavy atom. The number of nitrogens with zero attached hydrogens (tertiary/aromatic N) is 6. The van der Waals surface area contributed by atoms with E-state index < -0.39 is 12.1 Å². The lowest BCUT2D eigenvalue weighted by Crippen LogP contribution is -2.51. The highest BCUT2D eigenvalue weighted by Crippen LogP contribution is 2.17. The molecule has 0 spiro atoms. The lowest BCUT2D eigenvalue weighted by molar-refractivity contribution is -0.120. The third kappa shape index (κ3) is 4.55. The van der Waals surface area contributed by atoms with Crippen LogP contribution in [-0.2, 0) is 11.3 Å². The van der Waals surface area contributed by atoms with Crippen molar-refractivity contribution in [3.8, 4) is 0 Å². The van der Waals surface area contributed by atoms with Crippen molar-refractivity contribution in [2.45, 2.75) is 26.6 Å². The largest absolute Gasteiger partial charge is 0.337 e. The molecule has 9 heteroatoms. The molecule has 2 aromatic rings. The van der Waals surface area contributed by atoms with Gasteiger partial charge in [0.25, 0.3) is 11.8 Å². The molecule has 3 heterocycles. The fourth-order valence-corrected chi connectivity index (χ4v) is 3.68. The van der Waals surface area contributed by atoms with Crippen molar-refractivity contribution >= 4 is 23.5 Å². The van der Waals surface area contributed by atoms with Crippen LogP contribution in [0, 0.1) is 5.92 Å². The lowest BCUT2D eigenvalue weighted by Gasteiger charge is -2.36. The van der Waals surface area contributed by atoms with E-state index in [0.29, 0.717) is 38.3 Å². The van der Waals surface area contributed by atoms with Gasteiger partial charge in [0.1, 0.15) is 0 Å². The van der Waals surface area contributed by atoms with E-state index in [1.807, 2.05) is 39.9 Å². The molecule has 1 saturated heterocycles. The summed E-state index contributed by atoms with van der Waals surface area (Å²) in [7, 11) is 0. The average molecular weight is 424 g/mol. The number of rotatable bonds is 4. The van der Waals surface area contributed by atoms with E-state index >= 15 is 0 Å². The van der Waals surface area contributed by atoms with Crippen LogP contribution in [0.15, 0.2) is 53.0 Å². The van der Waals surface area contributed by atoms with E-state index in [1.54, 1.807) is 31.3 Å². The zero-order valence-electron chi connectivity index (χ0n) is 17.6. The molecule has 1 unspecified atom stereocenters. The highest BCUT2D eigenvalue weighted by Gasteiger charge is 2.33. The van der Waals surface area contributed by atoms with Gasteiger partial charge in [-0.1, -0.05) is 26.0 Å². The first-order valence-corrected chi connectivity index (χ1v) is 10.4.